The Morgan fingerprint density at radius 1 is 1.35 bits per heavy atom. The summed E-state index contributed by atoms with van der Waals surface area (Å²) in [5, 5.41) is 4.76. The largest absolute Gasteiger partial charge is 0.497 e. The number of nitrogens with one attached hydrogen (secondary N) is 1. The summed E-state index contributed by atoms with van der Waals surface area (Å²) in [6, 6.07) is 9.25. The molecule has 1 N–H and O–H groups in total. The third-order valence-corrected chi connectivity index (χ3v) is 3.41. The summed E-state index contributed by atoms with van der Waals surface area (Å²) in [5.74, 6) is 0.649. The Labute approximate surface area is 104 Å². The van der Waals surface area contributed by atoms with Gasteiger partial charge in [0.25, 0.3) is 5.91 Å². The molecule has 0 fully saturated rings. The lowest BCUT2D eigenvalue weighted by molar-refractivity contribution is 0.103. The van der Waals surface area contributed by atoms with Crippen LogP contribution in [0.3, 0.4) is 0 Å². The second-order valence-electron chi connectivity index (χ2n) is 3.62. The minimum Gasteiger partial charge on any atom is -0.497 e. The number of hydrogen-bond acceptors (Lipinski definition) is 3. The number of ether oxygens (including phenoxy) is 1. The molecule has 2 aromatic rings. The van der Waals surface area contributed by atoms with Crippen molar-refractivity contribution in [1.82, 2.24) is 0 Å². The maximum Gasteiger partial charge on any atom is 0.265 e. The Morgan fingerprint density at radius 3 is 2.82 bits per heavy atom. The average Bonchev–Trinajstić information content (AvgIpc) is 2.76. The summed E-state index contributed by atoms with van der Waals surface area (Å²) in [7, 11) is 1.60. The van der Waals surface area contributed by atoms with Gasteiger partial charge in [-0.15, -0.1) is 11.3 Å². The van der Waals surface area contributed by atoms with E-state index in [1.54, 1.807) is 13.2 Å². The van der Waals surface area contributed by atoms with Crippen LogP contribution in [0.4, 0.5) is 5.69 Å². The van der Waals surface area contributed by atoms with Gasteiger partial charge in [-0.2, -0.15) is 0 Å². The fourth-order valence-corrected chi connectivity index (χ4v) is 2.31. The molecule has 0 saturated carbocycles. The van der Waals surface area contributed by atoms with E-state index in [1.165, 1.54) is 11.3 Å². The van der Waals surface area contributed by atoms with Gasteiger partial charge in [0.05, 0.1) is 12.0 Å². The van der Waals surface area contributed by atoms with Crippen molar-refractivity contribution < 1.29 is 9.53 Å². The first-order valence-corrected chi connectivity index (χ1v) is 6.08. The first-order chi connectivity index (χ1) is 8.20. The normalized spacial score (nSPS) is 10.0. The maximum absolute atomic E-state index is 12.0. The van der Waals surface area contributed by atoms with Crippen molar-refractivity contribution in [2.24, 2.45) is 0 Å². The van der Waals surface area contributed by atoms with Gasteiger partial charge in [0.2, 0.25) is 0 Å². The summed E-state index contributed by atoms with van der Waals surface area (Å²) in [4.78, 5) is 12.7. The van der Waals surface area contributed by atoms with Gasteiger partial charge >= 0.3 is 0 Å². The molecule has 88 valence electrons. The molecule has 17 heavy (non-hydrogen) atoms. The van der Waals surface area contributed by atoms with Crippen LogP contribution >= 0.6 is 11.3 Å². The van der Waals surface area contributed by atoms with Gasteiger partial charge in [0.15, 0.2) is 0 Å². The molecule has 0 radical (unpaired) electrons. The summed E-state index contributed by atoms with van der Waals surface area (Å²) >= 11 is 1.44. The van der Waals surface area contributed by atoms with E-state index >= 15 is 0 Å². The molecule has 0 aliphatic carbocycles. The molecule has 0 atom stereocenters. The second-order valence-corrected chi connectivity index (χ2v) is 4.53. The number of anilines is 1. The van der Waals surface area contributed by atoms with Crippen LogP contribution in [0.2, 0.25) is 0 Å². The molecule has 0 spiro atoms. The molecule has 1 heterocycles. The van der Waals surface area contributed by atoms with Crippen LogP contribution in [-0.2, 0) is 0 Å². The van der Waals surface area contributed by atoms with Crippen molar-refractivity contribution in [2.45, 2.75) is 6.92 Å². The van der Waals surface area contributed by atoms with E-state index in [2.05, 4.69) is 5.32 Å². The van der Waals surface area contributed by atoms with Crippen LogP contribution in [-0.4, -0.2) is 13.0 Å². The molecule has 1 amide bonds. The monoisotopic (exact) mass is 247 g/mol. The van der Waals surface area contributed by atoms with Crippen LogP contribution < -0.4 is 10.1 Å². The topological polar surface area (TPSA) is 38.3 Å². The van der Waals surface area contributed by atoms with E-state index in [-0.39, 0.29) is 5.91 Å². The Morgan fingerprint density at radius 2 is 2.18 bits per heavy atom. The van der Waals surface area contributed by atoms with Crippen LogP contribution in [0.1, 0.15) is 15.2 Å². The first-order valence-electron chi connectivity index (χ1n) is 5.20. The van der Waals surface area contributed by atoms with Gasteiger partial charge in [0, 0.05) is 11.8 Å². The zero-order chi connectivity index (χ0) is 12.3. The zero-order valence-electron chi connectivity index (χ0n) is 9.69. The first kappa shape index (κ1) is 11.7. The highest BCUT2D eigenvalue weighted by atomic mass is 32.1. The molecular weight excluding hydrogens is 234 g/mol. The van der Waals surface area contributed by atoms with Crippen molar-refractivity contribution in [3.63, 3.8) is 0 Å². The summed E-state index contributed by atoms with van der Waals surface area (Å²) in [6.07, 6.45) is 0. The third kappa shape index (κ3) is 2.65. The Balaban J connectivity index is 2.16. The number of amides is 1. The van der Waals surface area contributed by atoms with Gasteiger partial charge in [-0.1, -0.05) is 6.07 Å². The van der Waals surface area contributed by atoms with Crippen LogP contribution in [0.15, 0.2) is 35.7 Å². The molecule has 4 heteroatoms. The van der Waals surface area contributed by atoms with Gasteiger partial charge in [-0.05, 0) is 36.1 Å². The van der Waals surface area contributed by atoms with Crippen molar-refractivity contribution in [2.75, 3.05) is 12.4 Å². The zero-order valence-corrected chi connectivity index (χ0v) is 10.5. The maximum atomic E-state index is 12.0. The van der Waals surface area contributed by atoms with E-state index < -0.39 is 0 Å². The number of aryl methyl sites for hydroxylation is 1. The van der Waals surface area contributed by atoms with Crippen molar-refractivity contribution in [3.8, 4) is 5.75 Å². The van der Waals surface area contributed by atoms with Gasteiger partial charge in [-0.3, -0.25) is 4.79 Å². The lowest BCUT2D eigenvalue weighted by atomic mass is 10.2. The summed E-state index contributed by atoms with van der Waals surface area (Å²) < 4.78 is 5.10. The van der Waals surface area contributed by atoms with E-state index in [0.717, 1.165) is 21.9 Å². The summed E-state index contributed by atoms with van der Waals surface area (Å²) in [6.45, 7) is 1.93. The van der Waals surface area contributed by atoms with Crippen molar-refractivity contribution in [3.05, 3.63) is 46.2 Å². The molecule has 1 aromatic heterocycles. The predicted octanol–water partition coefficient (Wildman–Crippen LogP) is 3.32. The van der Waals surface area contributed by atoms with E-state index in [1.807, 2.05) is 36.6 Å². The van der Waals surface area contributed by atoms with Crippen molar-refractivity contribution >= 4 is 22.9 Å². The minimum atomic E-state index is -0.0780. The smallest absolute Gasteiger partial charge is 0.265 e. The van der Waals surface area contributed by atoms with E-state index in [9.17, 15) is 4.79 Å². The lowest BCUT2D eigenvalue weighted by Gasteiger charge is -2.06. The summed E-state index contributed by atoms with van der Waals surface area (Å²) in [5.41, 5.74) is 1.73. The fourth-order valence-electron chi connectivity index (χ4n) is 1.49. The van der Waals surface area contributed by atoms with Crippen molar-refractivity contribution in [1.29, 1.82) is 0 Å². The molecule has 2 rings (SSSR count). The molecule has 0 aliphatic rings. The molecule has 0 aliphatic heterocycles. The number of methoxy groups -OCH3 is 1. The van der Waals surface area contributed by atoms with Gasteiger partial charge < -0.3 is 10.1 Å². The third-order valence-electron chi connectivity index (χ3n) is 2.40. The minimum absolute atomic E-state index is 0.0780. The van der Waals surface area contributed by atoms with Crippen LogP contribution in [0.25, 0.3) is 0 Å². The van der Waals surface area contributed by atoms with Crippen LogP contribution in [0, 0.1) is 6.92 Å². The molecule has 3 nitrogen and oxygen atoms in total. The van der Waals surface area contributed by atoms with Gasteiger partial charge in [0.1, 0.15) is 5.75 Å². The highest BCUT2D eigenvalue weighted by molar-refractivity contribution is 7.12. The number of thiophene rings is 1. The SMILES string of the molecule is COc1cccc(NC(=O)c2sccc2C)c1. The number of hydrogen-bond donors (Lipinski definition) is 1. The quantitative estimate of drug-likeness (QED) is 0.903. The average molecular weight is 247 g/mol. The number of carbonyl (C=O) groups excluding carboxylic acids is 1. The lowest BCUT2D eigenvalue weighted by Crippen LogP contribution is -2.11. The molecule has 1 aromatic carbocycles. The number of rotatable bonds is 3. The number of benzene rings is 1. The Bertz CT molecular complexity index is 534. The highest BCUT2D eigenvalue weighted by Crippen LogP contribution is 2.20. The molecule has 0 saturated heterocycles. The standard InChI is InChI=1S/C13H13NO2S/c1-9-6-7-17-12(9)13(15)14-10-4-3-5-11(8-10)16-2/h3-8H,1-2H3,(H,14,15). The number of carbonyl (C=O) groups is 1. The highest BCUT2D eigenvalue weighted by Gasteiger charge is 2.10. The predicted molar refractivity (Wildman–Crippen MR) is 70.0 cm³/mol. The Kier molecular flexibility index (Phi) is 3.44. The van der Waals surface area contributed by atoms with Gasteiger partial charge in [-0.25, -0.2) is 0 Å². The molecular formula is C13H13NO2S. The molecule has 0 unspecified atom stereocenters. The van der Waals surface area contributed by atoms with Crippen LogP contribution in [0.5, 0.6) is 5.75 Å². The van der Waals surface area contributed by atoms with E-state index in [0.29, 0.717) is 0 Å². The second kappa shape index (κ2) is 5.01. The fraction of sp³-hybridized carbons (Fsp3) is 0.154. The Hall–Kier alpha value is -1.81. The van der Waals surface area contributed by atoms with E-state index in [4.69, 9.17) is 4.74 Å². The molecule has 0 bridgehead atoms.